The Morgan fingerprint density at radius 3 is 2.22 bits per heavy atom. The summed E-state index contributed by atoms with van der Waals surface area (Å²) in [6, 6.07) is 16.9. The van der Waals surface area contributed by atoms with Gasteiger partial charge in [-0.25, -0.2) is 8.42 Å². The molecule has 1 heterocycles. The van der Waals surface area contributed by atoms with Gasteiger partial charge >= 0.3 is 0 Å². The van der Waals surface area contributed by atoms with Crippen molar-refractivity contribution in [3.8, 4) is 0 Å². The van der Waals surface area contributed by atoms with Crippen LogP contribution in [0.1, 0.15) is 11.1 Å². The Kier molecular flexibility index (Phi) is 6.26. The second-order valence-corrected chi connectivity index (χ2v) is 8.80. The molecule has 27 heavy (non-hydrogen) atoms. The number of para-hydroxylation sites is 1. The Hall–Kier alpha value is -2.22. The molecule has 144 valence electrons. The maximum atomic E-state index is 12.6. The van der Waals surface area contributed by atoms with E-state index in [4.69, 9.17) is 0 Å². The molecule has 1 N–H and O–H groups in total. The fraction of sp³-hybridized carbons (Fsp3) is 0.350. The molecule has 0 spiro atoms. The molecule has 0 bridgehead atoms. The topological polar surface area (TPSA) is 69.7 Å². The molecule has 1 saturated heterocycles. The number of rotatable bonds is 6. The zero-order chi connectivity index (χ0) is 19.3. The predicted molar refractivity (Wildman–Crippen MR) is 107 cm³/mol. The van der Waals surface area contributed by atoms with Crippen molar-refractivity contribution >= 4 is 21.6 Å². The van der Waals surface area contributed by atoms with Gasteiger partial charge in [0, 0.05) is 31.9 Å². The number of carbonyl (C=O) groups excluding carboxylic acids is 1. The van der Waals surface area contributed by atoms with Crippen molar-refractivity contribution in [2.24, 2.45) is 0 Å². The monoisotopic (exact) mass is 387 g/mol. The first-order valence-electron chi connectivity index (χ1n) is 9.03. The molecule has 0 saturated carbocycles. The molecule has 0 unspecified atom stereocenters. The van der Waals surface area contributed by atoms with Gasteiger partial charge in [0.25, 0.3) is 0 Å². The highest BCUT2D eigenvalue weighted by molar-refractivity contribution is 7.88. The van der Waals surface area contributed by atoms with Gasteiger partial charge in [-0.05, 0) is 24.6 Å². The zero-order valence-electron chi connectivity index (χ0n) is 15.5. The molecule has 1 aliphatic rings. The highest BCUT2D eigenvalue weighted by atomic mass is 32.2. The number of benzene rings is 2. The SMILES string of the molecule is Cc1ccc(CS(=O)(=O)N2CCN(CC(=O)Nc3ccccc3)CC2)cc1. The average Bonchev–Trinajstić information content (AvgIpc) is 2.65. The molecule has 1 amide bonds. The van der Waals surface area contributed by atoms with Crippen LogP contribution >= 0.6 is 0 Å². The fourth-order valence-corrected chi connectivity index (χ4v) is 4.59. The molecule has 6 nitrogen and oxygen atoms in total. The predicted octanol–water partition coefficient (Wildman–Crippen LogP) is 2.08. The molecule has 1 fully saturated rings. The van der Waals surface area contributed by atoms with E-state index in [9.17, 15) is 13.2 Å². The molecule has 0 atom stereocenters. The van der Waals surface area contributed by atoms with Gasteiger partial charge in [-0.3, -0.25) is 9.69 Å². The number of hydrogen-bond donors (Lipinski definition) is 1. The minimum atomic E-state index is -3.34. The van der Waals surface area contributed by atoms with E-state index in [2.05, 4.69) is 5.32 Å². The van der Waals surface area contributed by atoms with Crippen molar-refractivity contribution in [2.75, 3.05) is 38.0 Å². The second-order valence-electron chi connectivity index (χ2n) is 6.83. The molecule has 7 heteroatoms. The maximum Gasteiger partial charge on any atom is 0.238 e. The fourth-order valence-electron chi connectivity index (χ4n) is 3.08. The lowest BCUT2D eigenvalue weighted by molar-refractivity contribution is -0.117. The van der Waals surface area contributed by atoms with Gasteiger partial charge in [-0.15, -0.1) is 0 Å². The van der Waals surface area contributed by atoms with Crippen LogP contribution in [0, 0.1) is 6.92 Å². The number of nitrogens with zero attached hydrogens (tertiary/aromatic N) is 2. The molecular weight excluding hydrogens is 362 g/mol. The molecule has 0 aliphatic carbocycles. The van der Waals surface area contributed by atoms with Gasteiger partial charge in [0.2, 0.25) is 15.9 Å². The summed E-state index contributed by atoms with van der Waals surface area (Å²) in [6.07, 6.45) is 0. The van der Waals surface area contributed by atoms with Crippen LogP contribution in [-0.4, -0.2) is 56.3 Å². The molecule has 3 rings (SSSR count). The second kappa shape index (κ2) is 8.65. The van der Waals surface area contributed by atoms with E-state index in [-0.39, 0.29) is 18.2 Å². The highest BCUT2D eigenvalue weighted by Gasteiger charge is 2.27. The first-order valence-corrected chi connectivity index (χ1v) is 10.6. The lowest BCUT2D eigenvalue weighted by atomic mass is 10.2. The number of sulfonamides is 1. The number of aryl methyl sites for hydroxylation is 1. The summed E-state index contributed by atoms with van der Waals surface area (Å²) in [6.45, 7) is 4.16. The quantitative estimate of drug-likeness (QED) is 0.824. The average molecular weight is 388 g/mol. The van der Waals surface area contributed by atoms with Crippen LogP contribution < -0.4 is 5.32 Å². The van der Waals surface area contributed by atoms with E-state index < -0.39 is 10.0 Å². The number of piperazine rings is 1. The van der Waals surface area contributed by atoms with Crippen molar-refractivity contribution in [3.63, 3.8) is 0 Å². The lowest BCUT2D eigenvalue weighted by Crippen LogP contribution is -2.50. The van der Waals surface area contributed by atoms with Gasteiger partial charge in [-0.1, -0.05) is 48.0 Å². The number of carbonyl (C=O) groups is 1. The number of amides is 1. The maximum absolute atomic E-state index is 12.6. The summed E-state index contributed by atoms with van der Waals surface area (Å²) < 4.78 is 26.8. The third-order valence-corrected chi connectivity index (χ3v) is 6.47. The summed E-state index contributed by atoms with van der Waals surface area (Å²) in [5.74, 6) is -0.0703. The molecular formula is C20H25N3O3S. The van der Waals surface area contributed by atoms with Crippen LogP contribution in [0.2, 0.25) is 0 Å². The summed E-state index contributed by atoms with van der Waals surface area (Å²) in [5, 5.41) is 2.86. The number of nitrogens with one attached hydrogen (secondary N) is 1. The highest BCUT2D eigenvalue weighted by Crippen LogP contribution is 2.14. The molecule has 1 aliphatic heterocycles. The largest absolute Gasteiger partial charge is 0.325 e. The standard InChI is InChI=1S/C20H25N3O3S/c1-17-7-9-18(10-8-17)16-27(25,26)23-13-11-22(12-14-23)15-20(24)21-19-5-3-2-4-6-19/h2-10H,11-16H2,1H3,(H,21,24). The number of hydrogen-bond acceptors (Lipinski definition) is 4. The Bertz CT molecular complexity index is 859. The van der Waals surface area contributed by atoms with Crippen molar-refractivity contribution in [1.29, 1.82) is 0 Å². The summed E-state index contributed by atoms with van der Waals surface area (Å²) in [7, 11) is -3.34. The van der Waals surface area contributed by atoms with Gasteiger partial charge in [0.05, 0.1) is 12.3 Å². The van der Waals surface area contributed by atoms with Crippen LogP contribution in [0.3, 0.4) is 0 Å². The van der Waals surface area contributed by atoms with Crippen molar-refractivity contribution in [3.05, 3.63) is 65.7 Å². The van der Waals surface area contributed by atoms with E-state index in [0.717, 1.165) is 16.8 Å². The normalized spacial score (nSPS) is 16.2. The van der Waals surface area contributed by atoms with Gasteiger partial charge in [0.15, 0.2) is 0 Å². The smallest absolute Gasteiger partial charge is 0.238 e. The van der Waals surface area contributed by atoms with Crippen molar-refractivity contribution < 1.29 is 13.2 Å². The summed E-state index contributed by atoms with van der Waals surface area (Å²) >= 11 is 0. The molecule has 2 aromatic rings. The summed E-state index contributed by atoms with van der Waals surface area (Å²) in [4.78, 5) is 14.1. The van der Waals surface area contributed by atoms with E-state index in [1.54, 1.807) is 0 Å². The Labute approximate surface area is 160 Å². The third-order valence-electron chi connectivity index (χ3n) is 4.62. The summed E-state index contributed by atoms with van der Waals surface area (Å²) in [5.41, 5.74) is 2.67. The van der Waals surface area contributed by atoms with Gasteiger partial charge < -0.3 is 5.32 Å². The first kappa shape index (κ1) is 19.5. The minimum absolute atomic E-state index is 0.0156. The zero-order valence-corrected chi connectivity index (χ0v) is 16.3. The van der Waals surface area contributed by atoms with E-state index in [0.29, 0.717) is 26.2 Å². The van der Waals surface area contributed by atoms with Crippen LogP contribution in [0.15, 0.2) is 54.6 Å². The molecule has 0 aromatic heterocycles. The van der Waals surface area contributed by atoms with Gasteiger partial charge in [0.1, 0.15) is 0 Å². The number of anilines is 1. The Morgan fingerprint density at radius 1 is 0.963 bits per heavy atom. The first-order chi connectivity index (χ1) is 12.9. The van der Waals surface area contributed by atoms with E-state index in [1.165, 1.54) is 4.31 Å². The minimum Gasteiger partial charge on any atom is -0.325 e. The lowest BCUT2D eigenvalue weighted by Gasteiger charge is -2.33. The Balaban J connectivity index is 1.49. The van der Waals surface area contributed by atoms with Crippen molar-refractivity contribution in [2.45, 2.75) is 12.7 Å². The molecule has 2 aromatic carbocycles. The third kappa shape index (κ3) is 5.63. The Morgan fingerprint density at radius 2 is 1.59 bits per heavy atom. The molecule has 0 radical (unpaired) electrons. The van der Waals surface area contributed by atoms with E-state index in [1.807, 2.05) is 66.4 Å². The van der Waals surface area contributed by atoms with E-state index >= 15 is 0 Å². The van der Waals surface area contributed by atoms with Gasteiger partial charge in [-0.2, -0.15) is 4.31 Å². The van der Waals surface area contributed by atoms with Crippen LogP contribution in [0.5, 0.6) is 0 Å². The van der Waals surface area contributed by atoms with Crippen LogP contribution in [0.25, 0.3) is 0 Å². The van der Waals surface area contributed by atoms with Crippen molar-refractivity contribution in [1.82, 2.24) is 9.21 Å². The van der Waals surface area contributed by atoms with Crippen LogP contribution in [-0.2, 0) is 20.6 Å². The van der Waals surface area contributed by atoms with Crippen LogP contribution in [0.4, 0.5) is 5.69 Å².